The Morgan fingerprint density at radius 2 is 1.85 bits per heavy atom. The number of rotatable bonds is 5. The fourth-order valence-electron chi connectivity index (χ4n) is 4.96. The van der Waals surface area contributed by atoms with Crippen molar-refractivity contribution in [3.05, 3.63) is 47.3 Å². The Labute approximate surface area is 194 Å². The van der Waals surface area contributed by atoms with Crippen LogP contribution in [0.5, 0.6) is 0 Å². The predicted octanol–water partition coefficient (Wildman–Crippen LogP) is 0.899. The molecule has 1 aromatic heterocycles. The molecule has 0 aliphatic carbocycles. The molecule has 34 heavy (non-hydrogen) atoms. The first-order valence-corrected chi connectivity index (χ1v) is 11.2. The number of benzene rings is 1. The van der Waals surface area contributed by atoms with Crippen molar-refractivity contribution in [3.63, 3.8) is 0 Å². The van der Waals surface area contributed by atoms with Gasteiger partial charge in [0, 0.05) is 32.3 Å². The number of carbonyl (C=O) groups is 5. The minimum absolute atomic E-state index is 0.0778. The SMILES string of the molecule is O=C1CCC(N2C(=O)c3cccc(N4CCC(Cn5cc(C(=O)O)cn5)CC4)c3C2=O)C(=O)N1. The maximum absolute atomic E-state index is 13.3. The van der Waals surface area contributed by atoms with Gasteiger partial charge in [-0.05, 0) is 37.3 Å². The Morgan fingerprint density at radius 1 is 1.09 bits per heavy atom. The summed E-state index contributed by atoms with van der Waals surface area (Å²) in [5, 5.41) is 15.4. The minimum Gasteiger partial charge on any atom is -0.478 e. The lowest BCUT2D eigenvalue weighted by molar-refractivity contribution is -0.136. The third-order valence-corrected chi connectivity index (χ3v) is 6.73. The largest absolute Gasteiger partial charge is 0.478 e. The van der Waals surface area contributed by atoms with Crippen molar-refractivity contribution in [2.75, 3.05) is 18.0 Å². The highest BCUT2D eigenvalue weighted by molar-refractivity contribution is 6.25. The lowest BCUT2D eigenvalue weighted by atomic mass is 9.95. The number of carboxylic acids is 1. The molecule has 11 heteroatoms. The molecule has 0 bridgehead atoms. The molecule has 2 N–H and O–H groups in total. The molecule has 4 heterocycles. The molecule has 0 saturated carbocycles. The normalized spacial score (nSPS) is 21.1. The van der Waals surface area contributed by atoms with E-state index in [1.165, 1.54) is 12.4 Å². The summed E-state index contributed by atoms with van der Waals surface area (Å²) >= 11 is 0. The summed E-state index contributed by atoms with van der Waals surface area (Å²) in [6, 6.07) is 4.14. The Hall–Kier alpha value is -4.02. The van der Waals surface area contributed by atoms with Crippen molar-refractivity contribution in [1.29, 1.82) is 0 Å². The predicted molar refractivity (Wildman–Crippen MR) is 117 cm³/mol. The summed E-state index contributed by atoms with van der Waals surface area (Å²) in [5.74, 6) is -2.77. The molecule has 2 saturated heterocycles. The molecular formula is C23H23N5O6. The number of amides is 4. The van der Waals surface area contributed by atoms with E-state index in [9.17, 15) is 24.0 Å². The summed E-state index contributed by atoms with van der Waals surface area (Å²) in [7, 11) is 0. The molecule has 2 aromatic rings. The van der Waals surface area contributed by atoms with Crippen LogP contribution in [0.4, 0.5) is 5.69 Å². The number of fused-ring (bicyclic) bond motifs is 1. The molecule has 11 nitrogen and oxygen atoms in total. The fraction of sp³-hybridized carbons (Fsp3) is 0.391. The monoisotopic (exact) mass is 465 g/mol. The number of aromatic carboxylic acids is 1. The molecular weight excluding hydrogens is 442 g/mol. The molecule has 0 radical (unpaired) electrons. The van der Waals surface area contributed by atoms with E-state index in [2.05, 4.69) is 15.3 Å². The number of hydrogen-bond acceptors (Lipinski definition) is 7. The van der Waals surface area contributed by atoms with Crippen LogP contribution in [-0.4, -0.2) is 68.5 Å². The second-order valence-electron chi connectivity index (χ2n) is 8.83. The van der Waals surface area contributed by atoms with Gasteiger partial charge in [-0.15, -0.1) is 0 Å². The molecule has 176 valence electrons. The maximum Gasteiger partial charge on any atom is 0.338 e. The van der Waals surface area contributed by atoms with E-state index < -0.39 is 35.6 Å². The van der Waals surface area contributed by atoms with Crippen LogP contribution >= 0.6 is 0 Å². The van der Waals surface area contributed by atoms with E-state index in [4.69, 9.17) is 5.11 Å². The van der Waals surface area contributed by atoms with Crippen LogP contribution in [-0.2, 0) is 16.1 Å². The molecule has 1 aromatic carbocycles. The highest BCUT2D eigenvalue weighted by Crippen LogP contribution is 2.36. The van der Waals surface area contributed by atoms with Gasteiger partial charge in [0.05, 0.1) is 28.6 Å². The third kappa shape index (κ3) is 3.72. The van der Waals surface area contributed by atoms with E-state index in [1.807, 2.05) is 6.07 Å². The summed E-state index contributed by atoms with van der Waals surface area (Å²) < 4.78 is 1.64. The van der Waals surface area contributed by atoms with Crippen LogP contribution in [0.25, 0.3) is 0 Å². The van der Waals surface area contributed by atoms with Crippen molar-refractivity contribution >= 4 is 35.3 Å². The lowest BCUT2D eigenvalue weighted by Gasteiger charge is -2.34. The molecule has 0 spiro atoms. The molecule has 4 amide bonds. The van der Waals surface area contributed by atoms with Crippen molar-refractivity contribution in [1.82, 2.24) is 20.0 Å². The first kappa shape index (κ1) is 21.8. The van der Waals surface area contributed by atoms with Gasteiger partial charge in [0.15, 0.2) is 0 Å². The van der Waals surface area contributed by atoms with Crippen LogP contribution in [0, 0.1) is 5.92 Å². The van der Waals surface area contributed by atoms with Gasteiger partial charge < -0.3 is 10.0 Å². The van der Waals surface area contributed by atoms with Crippen LogP contribution < -0.4 is 10.2 Å². The van der Waals surface area contributed by atoms with E-state index in [1.54, 1.807) is 16.8 Å². The first-order valence-electron chi connectivity index (χ1n) is 11.2. The number of aromatic nitrogens is 2. The van der Waals surface area contributed by atoms with Crippen LogP contribution in [0.2, 0.25) is 0 Å². The van der Waals surface area contributed by atoms with Gasteiger partial charge in [0.1, 0.15) is 6.04 Å². The van der Waals surface area contributed by atoms with Gasteiger partial charge in [-0.3, -0.25) is 34.1 Å². The van der Waals surface area contributed by atoms with Gasteiger partial charge in [-0.25, -0.2) is 4.79 Å². The van der Waals surface area contributed by atoms with Crippen molar-refractivity contribution < 1.29 is 29.1 Å². The Morgan fingerprint density at radius 3 is 2.53 bits per heavy atom. The van der Waals surface area contributed by atoms with E-state index in [-0.39, 0.29) is 24.0 Å². The first-order chi connectivity index (χ1) is 16.3. The molecule has 3 aliphatic rings. The van der Waals surface area contributed by atoms with Gasteiger partial charge >= 0.3 is 5.97 Å². The molecule has 1 unspecified atom stereocenters. The van der Waals surface area contributed by atoms with Gasteiger partial charge in [-0.1, -0.05) is 6.07 Å². The molecule has 2 fully saturated rings. The Kier molecular flexibility index (Phi) is 5.39. The maximum atomic E-state index is 13.3. The second kappa shape index (κ2) is 8.40. The molecule has 5 rings (SSSR count). The number of piperidine rings is 2. The number of hydrogen-bond donors (Lipinski definition) is 2. The standard InChI is InChI=1S/C23H23N5O6/c29-18-5-4-17(20(30)25-18)28-21(31)15-2-1-3-16(19(15)22(28)32)26-8-6-13(7-9-26)11-27-12-14(10-24-27)23(33)34/h1-3,10,12-13,17H,4-9,11H2,(H,33,34)(H,25,29,30). The molecule has 1 atom stereocenters. The summed E-state index contributed by atoms with van der Waals surface area (Å²) in [6.07, 6.45) is 4.67. The summed E-state index contributed by atoms with van der Waals surface area (Å²) in [4.78, 5) is 64.3. The Bertz CT molecular complexity index is 1210. The van der Waals surface area contributed by atoms with Crippen molar-refractivity contribution in [2.45, 2.75) is 38.3 Å². The topological polar surface area (TPSA) is 142 Å². The summed E-state index contributed by atoms with van der Waals surface area (Å²) in [5.41, 5.74) is 1.39. The zero-order valence-corrected chi connectivity index (χ0v) is 18.3. The van der Waals surface area contributed by atoms with E-state index >= 15 is 0 Å². The van der Waals surface area contributed by atoms with Crippen molar-refractivity contribution in [2.24, 2.45) is 5.92 Å². The number of nitrogens with one attached hydrogen (secondary N) is 1. The number of nitrogens with zero attached hydrogens (tertiary/aromatic N) is 4. The van der Waals surface area contributed by atoms with Crippen LogP contribution in [0.15, 0.2) is 30.6 Å². The van der Waals surface area contributed by atoms with Gasteiger partial charge in [0.2, 0.25) is 11.8 Å². The zero-order valence-electron chi connectivity index (χ0n) is 18.3. The van der Waals surface area contributed by atoms with Crippen LogP contribution in [0.3, 0.4) is 0 Å². The number of imide groups is 2. The number of anilines is 1. The van der Waals surface area contributed by atoms with Gasteiger partial charge in [0.25, 0.3) is 11.8 Å². The van der Waals surface area contributed by atoms with E-state index in [0.29, 0.717) is 36.8 Å². The summed E-state index contributed by atoms with van der Waals surface area (Å²) in [6.45, 7) is 1.93. The molecule has 3 aliphatic heterocycles. The average molecular weight is 465 g/mol. The highest BCUT2D eigenvalue weighted by Gasteiger charge is 2.46. The third-order valence-electron chi connectivity index (χ3n) is 6.73. The Balaban J connectivity index is 1.30. The highest BCUT2D eigenvalue weighted by atomic mass is 16.4. The zero-order chi connectivity index (χ0) is 24.0. The smallest absolute Gasteiger partial charge is 0.338 e. The second-order valence-corrected chi connectivity index (χ2v) is 8.83. The quantitative estimate of drug-likeness (QED) is 0.621. The minimum atomic E-state index is -1.01. The number of carbonyl (C=O) groups excluding carboxylic acids is 4. The van der Waals surface area contributed by atoms with Crippen molar-refractivity contribution in [3.8, 4) is 0 Å². The van der Waals surface area contributed by atoms with Gasteiger partial charge in [-0.2, -0.15) is 5.10 Å². The number of carboxylic acid groups (broad SMARTS) is 1. The lowest BCUT2D eigenvalue weighted by Crippen LogP contribution is -2.54. The van der Waals surface area contributed by atoms with E-state index in [0.717, 1.165) is 17.7 Å². The average Bonchev–Trinajstić information content (AvgIpc) is 3.38. The van der Waals surface area contributed by atoms with Crippen LogP contribution in [0.1, 0.15) is 56.8 Å². The fourth-order valence-corrected chi connectivity index (χ4v) is 4.96.